The van der Waals surface area contributed by atoms with Gasteiger partial charge in [-0.1, -0.05) is 43.2 Å². The van der Waals surface area contributed by atoms with Crippen LogP contribution in [0.3, 0.4) is 0 Å². The van der Waals surface area contributed by atoms with Crippen molar-refractivity contribution in [2.24, 2.45) is 0 Å². The summed E-state index contributed by atoms with van der Waals surface area (Å²) in [5.41, 5.74) is 1.31. The minimum absolute atomic E-state index is 0.134. The summed E-state index contributed by atoms with van der Waals surface area (Å²) in [7, 11) is 1.59. The third-order valence-corrected chi connectivity index (χ3v) is 5.62. The molecule has 6 nitrogen and oxygen atoms in total. The predicted octanol–water partition coefficient (Wildman–Crippen LogP) is 4.74. The standard InChI is InChI=1S/C25H26N2O4/c1-30-21-15-13-20(14-16-21)27(25(29)22-12-7-17-31-22)23(18-8-3-2-4-9-18)24(28)26-19-10-5-6-11-19/h2-4,7-9,12-17,19,23H,5-6,10-11H2,1H3,(H,26,28)/t23-/m0/s1. The van der Waals surface area contributed by atoms with Crippen molar-refractivity contribution >= 4 is 17.5 Å². The maximum Gasteiger partial charge on any atom is 0.294 e. The average Bonchev–Trinajstić information content (AvgIpc) is 3.52. The van der Waals surface area contributed by atoms with Crippen LogP contribution in [0.5, 0.6) is 5.75 Å². The van der Waals surface area contributed by atoms with Crippen LogP contribution in [0.25, 0.3) is 0 Å². The zero-order valence-corrected chi connectivity index (χ0v) is 17.5. The predicted molar refractivity (Wildman–Crippen MR) is 118 cm³/mol. The van der Waals surface area contributed by atoms with Gasteiger partial charge in [-0.05, 0) is 54.8 Å². The smallest absolute Gasteiger partial charge is 0.294 e. The number of rotatable bonds is 7. The van der Waals surface area contributed by atoms with Gasteiger partial charge in [0, 0.05) is 11.7 Å². The van der Waals surface area contributed by atoms with Crippen LogP contribution in [-0.2, 0) is 4.79 Å². The average molecular weight is 418 g/mol. The summed E-state index contributed by atoms with van der Waals surface area (Å²) in [6.45, 7) is 0. The molecule has 0 saturated heterocycles. The van der Waals surface area contributed by atoms with Crippen LogP contribution in [0.2, 0.25) is 0 Å². The quantitative estimate of drug-likeness (QED) is 0.602. The fraction of sp³-hybridized carbons (Fsp3) is 0.280. The molecule has 1 atom stereocenters. The monoisotopic (exact) mass is 418 g/mol. The van der Waals surface area contributed by atoms with E-state index in [9.17, 15) is 9.59 Å². The maximum atomic E-state index is 13.6. The van der Waals surface area contributed by atoms with Crippen molar-refractivity contribution in [2.45, 2.75) is 37.8 Å². The van der Waals surface area contributed by atoms with Crippen molar-refractivity contribution in [1.29, 1.82) is 0 Å². The number of furan rings is 1. The topological polar surface area (TPSA) is 71.8 Å². The molecule has 0 spiro atoms. The fourth-order valence-corrected chi connectivity index (χ4v) is 4.05. The first-order valence-electron chi connectivity index (χ1n) is 10.5. The first-order chi connectivity index (χ1) is 15.2. The molecule has 3 aromatic rings. The van der Waals surface area contributed by atoms with Crippen molar-refractivity contribution in [1.82, 2.24) is 5.32 Å². The Hall–Kier alpha value is -3.54. The van der Waals surface area contributed by atoms with E-state index in [1.165, 1.54) is 11.2 Å². The van der Waals surface area contributed by atoms with Gasteiger partial charge < -0.3 is 14.5 Å². The molecule has 1 N–H and O–H groups in total. The van der Waals surface area contributed by atoms with E-state index in [1.54, 1.807) is 43.5 Å². The fourth-order valence-electron chi connectivity index (χ4n) is 4.05. The third-order valence-electron chi connectivity index (χ3n) is 5.62. The van der Waals surface area contributed by atoms with E-state index in [-0.39, 0.29) is 23.6 Å². The molecule has 1 saturated carbocycles. The van der Waals surface area contributed by atoms with E-state index >= 15 is 0 Å². The molecule has 1 fully saturated rings. The van der Waals surface area contributed by atoms with Crippen LogP contribution in [0, 0.1) is 0 Å². The number of anilines is 1. The highest BCUT2D eigenvalue weighted by Gasteiger charge is 2.35. The molecule has 0 unspecified atom stereocenters. The number of methoxy groups -OCH3 is 1. The Morgan fingerprint density at radius 1 is 1.00 bits per heavy atom. The second kappa shape index (κ2) is 9.51. The number of nitrogens with one attached hydrogen (secondary N) is 1. The number of ether oxygens (including phenoxy) is 1. The van der Waals surface area contributed by atoms with E-state index in [1.807, 2.05) is 30.3 Å². The van der Waals surface area contributed by atoms with E-state index in [0.29, 0.717) is 11.4 Å². The first kappa shape index (κ1) is 20.7. The molecule has 2 aromatic carbocycles. The van der Waals surface area contributed by atoms with Crippen molar-refractivity contribution in [2.75, 3.05) is 12.0 Å². The summed E-state index contributed by atoms with van der Waals surface area (Å²) < 4.78 is 10.7. The van der Waals surface area contributed by atoms with Gasteiger partial charge in [-0.15, -0.1) is 0 Å². The minimum Gasteiger partial charge on any atom is -0.497 e. The number of nitrogens with zero attached hydrogens (tertiary/aromatic N) is 1. The summed E-state index contributed by atoms with van der Waals surface area (Å²) in [4.78, 5) is 28.6. The van der Waals surface area contributed by atoms with Crippen LogP contribution in [0.4, 0.5) is 5.69 Å². The summed E-state index contributed by atoms with van der Waals surface area (Å²) in [6, 6.07) is 19.0. The lowest BCUT2D eigenvalue weighted by atomic mass is 10.0. The highest BCUT2D eigenvalue weighted by Crippen LogP contribution is 2.32. The SMILES string of the molecule is COc1ccc(N(C(=O)c2ccco2)[C@H](C(=O)NC2CCCC2)c2ccccc2)cc1. The van der Waals surface area contributed by atoms with E-state index in [4.69, 9.17) is 9.15 Å². The second-order valence-corrected chi connectivity index (χ2v) is 7.65. The summed E-state index contributed by atoms with van der Waals surface area (Å²) in [5, 5.41) is 3.16. The van der Waals surface area contributed by atoms with Crippen molar-refractivity contribution in [3.63, 3.8) is 0 Å². The van der Waals surface area contributed by atoms with Crippen molar-refractivity contribution < 1.29 is 18.7 Å². The zero-order chi connectivity index (χ0) is 21.6. The summed E-state index contributed by atoms with van der Waals surface area (Å²) in [6.07, 6.45) is 5.59. The molecule has 2 amide bonds. The van der Waals surface area contributed by atoms with Gasteiger partial charge in [0.1, 0.15) is 11.8 Å². The van der Waals surface area contributed by atoms with Gasteiger partial charge in [0.2, 0.25) is 5.91 Å². The van der Waals surface area contributed by atoms with Gasteiger partial charge in [0.05, 0.1) is 13.4 Å². The lowest BCUT2D eigenvalue weighted by Crippen LogP contribution is -2.46. The number of carbonyl (C=O) groups is 2. The molecule has 1 heterocycles. The molecule has 0 radical (unpaired) electrons. The van der Waals surface area contributed by atoms with Crippen LogP contribution < -0.4 is 15.0 Å². The molecule has 1 aliphatic rings. The highest BCUT2D eigenvalue weighted by molar-refractivity contribution is 6.08. The van der Waals surface area contributed by atoms with Gasteiger partial charge >= 0.3 is 0 Å². The van der Waals surface area contributed by atoms with Gasteiger partial charge in [-0.2, -0.15) is 0 Å². The van der Waals surface area contributed by atoms with Crippen LogP contribution >= 0.6 is 0 Å². The molecule has 0 bridgehead atoms. The van der Waals surface area contributed by atoms with E-state index < -0.39 is 6.04 Å². The molecule has 160 valence electrons. The molecule has 4 rings (SSSR count). The zero-order valence-electron chi connectivity index (χ0n) is 17.5. The minimum atomic E-state index is -0.840. The Kier molecular flexibility index (Phi) is 6.36. The Labute approximate surface area is 181 Å². The second-order valence-electron chi connectivity index (χ2n) is 7.65. The Morgan fingerprint density at radius 2 is 1.71 bits per heavy atom. The lowest BCUT2D eigenvalue weighted by Gasteiger charge is -2.31. The summed E-state index contributed by atoms with van der Waals surface area (Å²) in [5.74, 6) is 0.255. The largest absolute Gasteiger partial charge is 0.497 e. The Morgan fingerprint density at radius 3 is 2.32 bits per heavy atom. The number of carbonyl (C=O) groups excluding carboxylic acids is 2. The normalized spacial score (nSPS) is 14.7. The van der Waals surface area contributed by atoms with Gasteiger partial charge in [0.25, 0.3) is 5.91 Å². The maximum absolute atomic E-state index is 13.6. The number of amides is 2. The van der Waals surface area contributed by atoms with Gasteiger partial charge in [0.15, 0.2) is 5.76 Å². The Bertz CT molecular complexity index is 994. The Balaban J connectivity index is 1.77. The van der Waals surface area contributed by atoms with Crippen LogP contribution in [0.15, 0.2) is 77.4 Å². The highest BCUT2D eigenvalue weighted by atomic mass is 16.5. The molecule has 31 heavy (non-hydrogen) atoms. The van der Waals surface area contributed by atoms with Crippen molar-refractivity contribution in [3.8, 4) is 5.75 Å². The van der Waals surface area contributed by atoms with Crippen LogP contribution in [-0.4, -0.2) is 25.0 Å². The molecular weight excluding hydrogens is 392 g/mol. The molecule has 0 aliphatic heterocycles. The van der Waals surface area contributed by atoms with Gasteiger partial charge in [-0.3, -0.25) is 14.5 Å². The molecular formula is C25H26N2O4. The molecule has 1 aromatic heterocycles. The number of hydrogen-bond donors (Lipinski definition) is 1. The van der Waals surface area contributed by atoms with E-state index in [2.05, 4.69) is 5.32 Å². The molecule has 1 aliphatic carbocycles. The van der Waals surface area contributed by atoms with Gasteiger partial charge in [-0.25, -0.2) is 0 Å². The molecule has 6 heteroatoms. The number of hydrogen-bond acceptors (Lipinski definition) is 4. The first-order valence-corrected chi connectivity index (χ1v) is 10.5. The van der Waals surface area contributed by atoms with Crippen LogP contribution in [0.1, 0.15) is 47.8 Å². The lowest BCUT2D eigenvalue weighted by molar-refractivity contribution is -0.123. The summed E-state index contributed by atoms with van der Waals surface area (Å²) >= 11 is 0. The third kappa shape index (κ3) is 4.63. The van der Waals surface area contributed by atoms with E-state index in [0.717, 1.165) is 31.2 Å². The van der Waals surface area contributed by atoms with Crippen molar-refractivity contribution in [3.05, 3.63) is 84.3 Å². The number of benzene rings is 2.